The van der Waals surface area contributed by atoms with Crippen LogP contribution >= 0.6 is 11.6 Å². The Morgan fingerprint density at radius 3 is 2.39 bits per heavy atom. The van der Waals surface area contributed by atoms with E-state index in [0.29, 0.717) is 0 Å². The molecule has 0 saturated carbocycles. The lowest BCUT2D eigenvalue weighted by Crippen LogP contribution is -2.35. The zero-order valence-electron chi connectivity index (χ0n) is 11.6. The molecule has 0 amide bonds. The lowest BCUT2D eigenvalue weighted by molar-refractivity contribution is -0.116. The van der Waals surface area contributed by atoms with Gasteiger partial charge in [-0.15, -0.1) is 0 Å². The van der Waals surface area contributed by atoms with Gasteiger partial charge in [0.2, 0.25) is 0 Å². The fraction of sp³-hybridized carbons (Fsp3) is 0.533. The van der Waals surface area contributed by atoms with Crippen molar-refractivity contribution in [1.82, 2.24) is 4.90 Å². The van der Waals surface area contributed by atoms with Gasteiger partial charge in [-0.3, -0.25) is 4.90 Å². The van der Waals surface area contributed by atoms with Crippen LogP contribution in [0.3, 0.4) is 0 Å². The first kappa shape index (κ1) is 15.2. The van der Waals surface area contributed by atoms with Crippen LogP contribution in [-0.2, 0) is 4.79 Å². The van der Waals surface area contributed by atoms with Gasteiger partial charge in [-0.1, -0.05) is 37.6 Å². The summed E-state index contributed by atoms with van der Waals surface area (Å²) in [6.07, 6.45) is 1.92. The minimum atomic E-state index is -0.268. The molecule has 1 aromatic carbocycles. The van der Waals surface area contributed by atoms with Crippen molar-refractivity contribution in [3.8, 4) is 0 Å². The Morgan fingerprint density at radius 2 is 1.94 bits per heavy atom. The summed E-state index contributed by atoms with van der Waals surface area (Å²) in [5.74, 6) is 0. The third-order valence-corrected chi connectivity index (χ3v) is 3.97. The molecule has 2 nitrogen and oxygen atoms in total. The van der Waals surface area contributed by atoms with E-state index in [4.69, 9.17) is 11.6 Å². The maximum Gasteiger partial charge on any atom is 0.127 e. The maximum atomic E-state index is 11.2. The highest BCUT2D eigenvalue weighted by Gasteiger charge is 2.25. The van der Waals surface area contributed by atoms with Crippen molar-refractivity contribution in [1.29, 1.82) is 0 Å². The Balaban J connectivity index is 2.75. The van der Waals surface area contributed by atoms with Gasteiger partial charge in [0.25, 0.3) is 0 Å². The molecule has 2 unspecified atom stereocenters. The molecular weight excluding hydrogens is 246 g/mol. The molecule has 1 aromatic rings. The predicted octanol–water partition coefficient (Wildman–Crippen LogP) is 3.95. The summed E-state index contributed by atoms with van der Waals surface area (Å²) >= 11 is 5.89. The van der Waals surface area contributed by atoms with Crippen LogP contribution in [0.4, 0.5) is 0 Å². The third-order valence-electron chi connectivity index (χ3n) is 3.72. The highest BCUT2D eigenvalue weighted by Crippen LogP contribution is 2.26. The molecule has 2 atom stereocenters. The van der Waals surface area contributed by atoms with Crippen molar-refractivity contribution in [3.05, 3.63) is 34.9 Å². The topological polar surface area (TPSA) is 20.3 Å². The Hall–Kier alpha value is -0.860. The zero-order valence-corrected chi connectivity index (χ0v) is 12.4. The van der Waals surface area contributed by atoms with E-state index in [1.165, 1.54) is 5.56 Å². The number of carbonyl (C=O) groups excluding carboxylic acids is 1. The van der Waals surface area contributed by atoms with Gasteiger partial charge in [-0.2, -0.15) is 0 Å². The van der Waals surface area contributed by atoms with Gasteiger partial charge in [0.05, 0.1) is 0 Å². The van der Waals surface area contributed by atoms with E-state index in [1.54, 1.807) is 0 Å². The van der Waals surface area contributed by atoms with Crippen molar-refractivity contribution < 1.29 is 4.79 Å². The van der Waals surface area contributed by atoms with E-state index in [2.05, 4.69) is 25.8 Å². The van der Waals surface area contributed by atoms with Crippen LogP contribution < -0.4 is 0 Å². The average molecular weight is 268 g/mol. The van der Waals surface area contributed by atoms with Crippen LogP contribution in [0.15, 0.2) is 24.3 Å². The first-order valence-corrected chi connectivity index (χ1v) is 6.71. The largest absolute Gasteiger partial charge is 0.303 e. The molecule has 0 heterocycles. The number of carbonyl (C=O) groups is 1. The lowest BCUT2D eigenvalue weighted by atomic mass is 9.88. The van der Waals surface area contributed by atoms with Crippen LogP contribution in [-0.4, -0.2) is 24.8 Å². The van der Waals surface area contributed by atoms with E-state index in [0.717, 1.165) is 24.3 Å². The number of nitrogens with zero attached hydrogens (tertiary/aromatic N) is 1. The van der Waals surface area contributed by atoms with Gasteiger partial charge < -0.3 is 4.79 Å². The summed E-state index contributed by atoms with van der Waals surface area (Å²) in [6, 6.07) is 8.15. The fourth-order valence-electron chi connectivity index (χ4n) is 1.93. The first-order chi connectivity index (χ1) is 8.41. The standard InChI is InChI=1S/C15H22ClNO/c1-5-15(3,11-18)10-17(4)12(2)13-6-8-14(16)9-7-13/h6-9,11-12H,5,10H2,1-4H3. The molecule has 0 aliphatic carbocycles. The summed E-state index contributed by atoms with van der Waals surface area (Å²) in [6.45, 7) is 6.96. The monoisotopic (exact) mass is 267 g/mol. The van der Waals surface area contributed by atoms with Gasteiger partial charge in [0.15, 0.2) is 0 Å². The maximum absolute atomic E-state index is 11.2. The fourth-order valence-corrected chi connectivity index (χ4v) is 2.06. The number of aldehydes is 1. The number of halogens is 1. The number of hydrogen-bond acceptors (Lipinski definition) is 2. The molecule has 0 spiro atoms. The van der Waals surface area contributed by atoms with Crippen molar-refractivity contribution in [3.63, 3.8) is 0 Å². The number of hydrogen-bond donors (Lipinski definition) is 0. The minimum Gasteiger partial charge on any atom is -0.303 e. The van der Waals surface area contributed by atoms with Crippen LogP contribution in [0.25, 0.3) is 0 Å². The summed E-state index contributed by atoms with van der Waals surface area (Å²) < 4.78 is 0. The van der Waals surface area contributed by atoms with E-state index in [1.807, 2.05) is 31.2 Å². The average Bonchev–Trinajstić information content (AvgIpc) is 2.38. The van der Waals surface area contributed by atoms with Crippen molar-refractivity contribution >= 4 is 17.9 Å². The Morgan fingerprint density at radius 1 is 1.39 bits per heavy atom. The van der Waals surface area contributed by atoms with Gasteiger partial charge in [-0.05, 0) is 38.1 Å². The van der Waals surface area contributed by atoms with Crippen LogP contribution in [0.2, 0.25) is 5.02 Å². The summed E-state index contributed by atoms with van der Waals surface area (Å²) in [5.41, 5.74) is 0.946. The minimum absolute atomic E-state index is 0.268. The highest BCUT2D eigenvalue weighted by atomic mass is 35.5. The van der Waals surface area contributed by atoms with E-state index < -0.39 is 0 Å². The molecule has 0 saturated heterocycles. The first-order valence-electron chi connectivity index (χ1n) is 6.34. The lowest BCUT2D eigenvalue weighted by Gasteiger charge is -2.32. The molecule has 0 aliphatic heterocycles. The van der Waals surface area contributed by atoms with E-state index in [-0.39, 0.29) is 11.5 Å². The smallest absolute Gasteiger partial charge is 0.127 e. The quantitative estimate of drug-likeness (QED) is 0.728. The molecule has 0 aromatic heterocycles. The van der Waals surface area contributed by atoms with E-state index >= 15 is 0 Å². The second-order valence-electron chi connectivity index (χ2n) is 5.27. The molecule has 0 bridgehead atoms. The highest BCUT2D eigenvalue weighted by molar-refractivity contribution is 6.30. The second kappa shape index (κ2) is 6.35. The van der Waals surface area contributed by atoms with Gasteiger partial charge in [0, 0.05) is 23.0 Å². The summed E-state index contributed by atoms with van der Waals surface area (Å²) in [4.78, 5) is 13.4. The zero-order chi connectivity index (χ0) is 13.8. The van der Waals surface area contributed by atoms with Crippen LogP contribution in [0.5, 0.6) is 0 Å². The summed E-state index contributed by atoms with van der Waals surface area (Å²) in [5, 5.41) is 0.750. The van der Waals surface area contributed by atoms with Crippen molar-refractivity contribution in [2.45, 2.75) is 33.2 Å². The number of benzene rings is 1. The van der Waals surface area contributed by atoms with Crippen LogP contribution in [0.1, 0.15) is 38.8 Å². The van der Waals surface area contributed by atoms with E-state index in [9.17, 15) is 4.79 Å². The number of rotatable bonds is 6. The molecule has 0 N–H and O–H groups in total. The van der Waals surface area contributed by atoms with Gasteiger partial charge in [0.1, 0.15) is 6.29 Å². The molecule has 0 aliphatic rings. The second-order valence-corrected chi connectivity index (χ2v) is 5.70. The van der Waals surface area contributed by atoms with Crippen molar-refractivity contribution in [2.75, 3.05) is 13.6 Å². The van der Waals surface area contributed by atoms with Gasteiger partial charge in [-0.25, -0.2) is 0 Å². The SMILES string of the molecule is CCC(C)(C=O)CN(C)C(C)c1ccc(Cl)cc1. The molecule has 100 valence electrons. The predicted molar refractivity (Wildman–Crippen MR) is 77.0 cm³/mol. The normalized spacial score (nSPS) is 16.3. The Kier molecular flexibility index (Phi) is 5.36. The third kappa shape index (κ3) is 3.82. The molecule has 3 heteroatoms. The molecule has 0 fully saturated rings. The van der Waals surface area contributed by atoms with Gasteiger partial charge >= 0.3 is 0 Å². The van der Waals surface area contributed by atoms with Crippen molar-refractivity contribution in [2.24, 2.45) is 5.41 Å². The molecule has 1 rings (SSSR count). The Bertz CT molecular complexity index is 390. The van der Waals surface area contributed by atoms with Crippen LogP contribution in [0, 0.1) is 5.41 Å². The Labute approximate surface area is 115 Å². The molecule has 0 radical (unpaired) electrons. The molecule has 18 heavy (non-hydrogen) atoms. The summed E-state index contributed by atoms with van der Waals surface area (Å²) in [7, 11) is 2.05. The molecular formula is C15H22ClNO.